The molecule has 0 bridgehead atoms. The van der Waals surface area contributed by atoms with Crippen LogP contribution in [-0.2, 0) is 0 Å². The van der Waals surface area contributed by atoms with E-state index in [4.69, 9.17) is 16.3 Å². The van der Waals surface area contributed by atoms with Gasteiger partial charge in [0.1, 0.15) is 12.4 Å². The van der Waals surface area contributed by atoms with Gasteiger partial charge in [-0.25, -0.2) is 9.97 Å². The third-order valence-electron chi connectivity index (χ3n) is 2.55. The van der Waals surface area contributed by atoms with E-state index in [-0.39, 0.29) is 0 Å². The first-order chi connectivity index (χ1) is 9.65. The number of aromatic nitrogens is 2. The van der Waals surface area contributed by atoms with E-state index >= 15 is 0 Å². The minimum absolute atomic E-state index is 0.536. The Labute approximate surface area is 123 Å². The normalized spacial score (nSPS) is 10.6. The van der Waals surface area contributed by atoms with Gasteiger partial charge in [0.2, 0.25) is 5.95 Å². The van der Waals surface area contributed by atoms with Crippen LogP contribution >= 0.6 is 11.6 Å². The molecule has 1 heterocycles. The molecule has 106 valence electrons. The molecule has 0 saturated heterocycles. The van der Waals surface area contributed by atoms with E-state index in [1.807, 2.05) is 31.1 Å². The maximum Gasteiger partial charge on any atom is 0.227 e. The van der Waals surface area contributed by atoms with Crippen LogP contribution in [0.5, 0.6) is 5.75 Å². The third kappa shape index (κ3) is 4.36. The molecule has 0 aliphatic rings. The van der Waals surface area contributed by atoms with Crippen LogP contribution < -0.4 is 10.1 Å². The first-order valence-electron chi connectivity index (χ1n) is 6.26. The molecular weight excluding hydrogens is 276 g/mol. The molecule has 20 heavy (non-hydrogen) atoms. The summed E-state index contributed by atoms with van der Waals surface area (Å²) >= 11 is 6.12. The zero-order valence-electron chi connectivity index (χ0n) is 11.5. The fourth-order valence-electron chi connectivity index (χ4n) is 1.52. The number of hydrogen-bond acceptors (Lipinski definition) is 5. The van der Waals surface area contributed by atoms with Crippen LogP contribution in [0.3, 0.4) is 0 Å². The highest BCUT2D eigenvalue weighted by atomic mass is 35.5. The number of benzene rings is 1. The molecule has 0 spiro atoms. The van der Waals surface area contributed by atoms with Crippen LogP contribution in [0.2, 0.25) is 5.02 Å². The first kappa shape index (κ1) is 14.6. The highest BCUT2D eigenvalue weighted by Crippen LogP contribution is 2.28. The van der Waals surface area contributed by atoms with Gasteiger partial charge in [0.05, 0.1) is 5.02 Å². The van der Waals surface area contributed by atoms with Crippen LogP contribution in [0.4, 0.5) is 11.6 Å². The fourth-order valence-corrected chi connectivity index (χ4v) is 1.69. The molecule has 0 amide bonds. The summed E-state index contributed by atoms with van der Waals surface area (Å²) in [6.45, 7) is 1.41. The van der Waals surface area contributed by atoms with Gasteiger partial charge in [-0.1, -0.05) is 11.6 Å². The van der Waals surface area contributed by atoms with Crippen molar-refractivity contribution < 1.29 is 4.74 Å². The Morgan fingerprint density at radius 2 is 2.00 bits per heavy atom. The second-order valence-electron chi connectivity index (χ2n) is 4.49. The molecule has 0 fully saturated rings. The Morgan fingerprint density at radius 1 is 1.25 bits per heavy atom. The Balaban J connectivity index is 2.04. The summed E-state index contributed by atoms with van der Waals surface area (Å²) in [6, 6.07) is 7.26. The topological polar surface area (TPSA) is 50.3 Å². The van der Waals surface area contributed by atoms with Gasteiger partial charge in [0.25, 0.3) is 0 Å². The van der Waals surface area contributed by atoms with Crippen molar-refractivity contribution >= 4 is 23.2 Å². The van der Waals surface area contributed by atoms with Gasteiger partial charge in [-0.15, -0.1) is 0 Å². The predicted molar refractivity (Wildman–Crippen MR) is 80.8 cm³/mol. The molecule has 1 aromatic heterocycles. The molecule has 0 aliphatic heterocycles. The summed E-state index contributed by atoms with van der Waals surface area (Å²) in [6.07, 6.45) is 3.36. The molecule has 1 N–H and O–H groups in total. The van der Waals surface area contributed by atoms with Crippen LogP contribution in [0.15, 0.2) is 36.7 Å². The number of nitrogens with zero attached hydrogens (tertiary/aromatic N) is 3. The van der Waals surface area contributed by atoms with E-state index in [2.05, 4.69) is 15.3 Å². The van der Waals surface area contributed by atoms with Crippen molar-refractivity contribution in [1.82, 2.24) is 14.9 Å². The lowest BCUT2D eigenvalue weighted by Crippen LogP contribution is -2.19. The Kier molecular flexibility index (Phi) is 5.15. The summed E-state index contributed by atoms with van der Waals surface area (Å²) in [4.78, 5) is 10.3. The Hall–Kier alpha value is -1.85. The number of anilines is 2. The highest BCUT2D eigenvalue weighted by Gasteiger charge is 2.05. The zero-order valence-corrected chi connectivity index (χ0v) is 12.3. The first-order valence-corrected chi connectivity index (χ1v) is 6.64. The molecule has 2 rings (SSSR count). The molecule has 0 radical (unpaired) electrons. The molecule has 6 heteroatoms. The van der Waals surface area contributed by atoms with E-state index in [1.165, 1.54) is 0 Å². The summed E-state index contributed by atoms with van der Waals surface area (Å²) < 4.78 is 5.67. The molecular formula is C14H17ClN4O. The minimum Gasteiger partial charge on any atom is -0.491 e. The third-order valence-corrected chi connectivity index (χ3v) is 2.86. The van der Waals surface area contributed by atoms with Gasteiger partial charge in [-0.3, -0.25) is 0 Å². The van der Waals surface area contributed by atoms with Gasteiger partial charge in [0.15, 0.2) is 0 Å². The van der Waals surface area contributed by atoms with Gasteiger partial charge < -0.3 is 15.0 Å². The number of likely N-dealkylation sites (N-methyl/N-ethyl adjacent to an activating group) is 1. The van der Waals surface area contributed by atoms with Crippen LogP contribution in [0.25, 0.3) is 0 Å². The Morgan fingerprint density at radius 3 is 2.70 bits per heavy atom. The zero-order chi connectivity index (χ0) is 14.4. The number of hydrogen-bond donors (Lipinski definition) is 1. The lowest BCUT2D eigenvalue weighted by Gasteiger charge is -2.13. The number of rotatable bonds is 6. The van der Waals surface area contributed by atoms with Crippen LogP contribution in [0.1, 0.15) is 0 Å². The predicted octanol–water partition coefficient (Wildman–Crippen LogP) is 2.81. The second-order valence-corrected chi connectivity index (χ2v) is 4.90. The highest BCUT2D eigenvalue weighted by molar-refractivity contribution is 6.32. The molecule has 0 saturated carbocycles. The summed E-state index contributed by atoms with van der Waals surface area (Å²) in [5.74, 6) is 1.18. The smallest absolute Gasteiger partial charge is 0.227 e. The molecule has 5 nitrogen and oxygen atoms in total. The van der Waals surface area contributed by atoms with Gasteiger partial charge in [-0.05, 0) is 32.3 Å². The average molecular weight is 293 g/mol. The molecule has 0 atom stereocenters. The van der Waals surface area contributed by atoms with Crippen LogP contribution in [-0.4, -0.2) is 42.1 Å². The lowest BCUT2D eigenvalue weighted by molar-refractivity contribution is 0.261. The quantitative estimate of drug-likeness (QED) is 0.887. The van der Waals surface area contributed by atoms with E-state index in [1.54, 1.807) is 24.5 Å². The SMILES string of the molecule is CN(C)CCOc1cc(Nc2ncccn2)ccc1Cl. The maximum atomic E-state index is 6.12. The van der Waals surface area contributed by atoms with Crippen LogP contribution in [0, 0.1) is 0 Å². The molecule has 0 unspecified atom stereocenters. The van der Waals surface area contributed by atoms with Crippen molar-refractivity contribution in [2.75, 3.05) is 32.6 Å². The number of halogens is 1. The summed E-state index contributed by atoms with van der Waals surface area (Å²) in [5, 5.41) is 3.69. The molecule has 0 aliphatic carbocycles. The standard InChI is InChI=1S/C14H17ClN4O/c1-19(2)8-9-20-13-10-11(4-5-12(13)15)18-14-16-6-3-7-17-14/h3-7,10H,8-9H2,1-2H3,(H,16,17,18). The van der Waals surface area contributed by atoms with Crippen molar-refractivity contribution in [2.24, 2.45) is 0 Å². The summed E-state index contributed by atoms with van der Waals surface area (Å²) in [7, 11) is 3.99. The van der Waals surface area contributed by atoms with E-state index in [0.717, 1.165) is 12.2 Å². The second kappa shape index (κ2) is 7.07. The fraction of sp³-hybridized carbons (Fsp3) is 0.286. The van der Waals surface area contributed by atoms with E-state index in [0.29, 0.717) is 23.3 Å². The van der Waals surface area contributed by atoms with Gasteiger partial charge in [-0.2, -0.15) is 0 Å². The maximum absolute atomic E-state index is 6.12. The average Bonchev–Trinajstić information content (AvgIpc) is 2.43. The monoisotopic (exact) mass is 292 g/mol. The van der Waals surface area contributed by atoms with Crippen molar-refractivity contribution in [3.63, 3.8) is 0 Å². The van der Waals surface area contributed by atoms with Gasteiger partial charge >= 0.3 is 0 Å². The van der Waals surface area contributed by atoms with E-state index < -0.39 is 0 Å². The summed E-state index contributed by atoms with van der Waals surface area (Å²) in [5.41, 5.74) is 0.834. The van der Waals surface area contributed by atoms with Crippen molar-refractivity contribution in [2.45, 2.75) is 0 Å². The van der Waals surface area contributed by atoms with Crippen molar-refractivity contribution in [1.29, 1.82) is 0 Å². The minimum atomic E-state index is 0.536. The Bertz CT molecular complexity index is 548. The lowest BCUT2D eigenvalue weighted by atomic mass is 10.3. The molecule has 2 aromatic rings. The van der Waals surface area contributed by atoms with E-state index in [9.17, 15) is 0 Å². The number of ether oxygens (including phenoxy) is 1. The van der Waals surface area contributed by atoms with Crippen molar-refractivity contribution in [3.05, 3.63) is 41.7 Å². The largest absolute Gasteiger partial charge is 0.491 e. The van der Waals surface area contributed by atoms with Crippen molar-refractivity contribution in [3.8, 4) is 5.75 Å². The van der Waals surface area contributed by atoms with Gasteiger partial charge in [0, 0.05) is 30.7 Å². The molecule has 1 aromatic carbocycles. The number of nitrogens with one attached hydrogen (secondary N) is 1.